The van der Waals surface area contributed by atoms with E-state index in [1.54, 1.807) is 0 Å². The van der Waals surface area contributed by atoms with Crippen molar-refractivity contribution in [3.05, 3.63) is 150 Å². The van der Waals surface area contributed by atoms with Gasteiger partial charge in [0, 0.05) is 42.8 Å². The minimum atomic E-state index is 0.632. The molecule has 7 aromatic rings. The molecule has 0 radical (unpaired) electrons. The molecule has 0 unspecified atom stereocenters. The predicted molar refractivity (Wildman–Crippen MR) is 226 cm³/mol. The summed E-state index contributed by atoms with van der Waals surface area (Å²) in [6.45, 7) is 1.26. The van der Waals surface area contributed by atoms with E-state index in [0.717, 1.165) is 23.0 Å². The van der Waals surface area contributed by atoms with E-state index in [9.17, 15) is 0 Å². The van der Waals surface area contributed by atoms with Crippen LogP contribution in [-0.4, -0.2) is 24.7 Å². The van der Waals surface area contributed by atoms with Crippen LogP contribution in [-0.2, 0) is 0 Å². The first-order valence-electron chi connectivity index (χ1n) is 16.4. The van der Waals surface area contributed by atoms with Crippen molar-refractivity contribution in [2.75, 3.05) is 24.7 Å². The Morgan fingerprint density at radius 1 is 0.400 bits per heavy atom. The minimum absolute atomic E-state index is 0.632. The van der Waals surface area contributed by atoms with Crippen LogP contribution in [0, 0.1) is 0 Å². The Morgan fingerprint density at radius 2 is 0.740 bits per heavy atom. The Hall–Kier alpha value is -3.24. The van der Waals surface area contributed by atoms with Gasteiger partial charge in [-0.25, -0.2) is 0 Å². The van der Waals surface area contributed by atoms with E-state index in [-0.39, 0.29) is 0 Å². The average Bonchev–Trinajstić information content (AvgIpc) is 3.78. The van der Waals surface area contributed by atoms with E-state index >= 15 is 0 Å². The lowest BCUT2D eigenvalue weighted by atomic mass is 10.0. The van der Waals surface area contributed by atoms with Crippen molar-refractivity contribution in [2.24, 2.45) is 0 Å². The molecule has 0 atom stereocenters. The number of thioether (sulfide) groups is 6. The zero-order chi connectivity index (χ0) is 33.3. The van der Waals surface area contributed by atoms with E-state index in [2.05, 4.69) is 133 Å². The van der Waals surface area contributed by atoms with E-state index in [1.807, 2.05) is 70.6 Å². The van der Waals surface area contributed by atoms with Crippen LogP contribution in [0.2, 0.25) is 0 Å². The molecule has 0 amide bonds. The van der Waals surface area contributed by atoms with Crippen molar-refractivity contribution in [2.45, 2.75) is 9.79 Å². The third kappa shape index (κ3) is 6.62. The first-order valence-corrected chi connectivity index (χ1v) is 21.6. The number of benzene rings is 7. The highest BCUT2D eigenvalue weighted by Gasteiger charge is 2.29. The normalized spacial score (nSPS) is 14.4. The molecule has 0 aliphatic carbocycles. The Labute approximate surface area is 317 Å². The predicted octanol–water partition coefficient (Wildman–Crippen LogP) is 13.9. The summed E-state index contributed by atoms with van der Waals surface area (Å²) in [5.74, 6) is 3.70. The van der Waals surface area contributed by atoms with Gasteiger partial charge in [0.05, 0.1) is 30.2 Å². The second-order valence-electron chi connectivity index (χ2n) is 11.7. The number of hydrogen-bond acceptors (Lipinski definition) is 8. The van der Waals surface area contributed by atoms with E-state index in [1.165, 1.54) is 69.8 Å². The van der Waals surface area contributed by atoms with E-state index in [4.69, 9.17) is 9.47 Å². The first kappa shape index (κ1) is 32.7. The molecule has 9 rings (SSSR count). The molecule has 8 heteroatoms. The molecule has 246 valence electrons. The van der Waals surface area contributed by atoms with Crippen LogP contribution in [0.5, 0.6) is 11.5 Å². The van der Waals surface area contributed by atoms with Crippen LogP contribution in [0.1, 0.15) is 0 Å². The lowest BCUT2D eigenvalue weighted by Crippen LogP contribution is -2.02. The average molecular weight is 759 g/mol. The summed E-state index contributed by atoms with van der Waals surface area (Å²) < 4.78 is 18.7. The molecule has 2 nitrogen and oxygen atoms in total. The van der Waals surface area contributed by atoms with E-state index < -0.39 is 0 Å². The molecule has 50 heavy (non-hydrogen) atoms. The first-order chi connectivity index (χ1) is 24.8. The molecule has 0 saturated carbocycles. The van der Waals surface area contributed by atoms with Crippen LogP contribution in [0.25, 0.3) is 43.1 Å². The van der Waals surface area contributed by atoms with Gasteiger partial charge in [-0.2, -0.15) is 0 Å². The summed E-state index contributed by atoms with van der Waals surface area (Å²) in [4.78, 5) is 2.70. The number of fused-ring (bicyclic) bond motifs is 5. The Kier molecular flexibility index (Phi) is 9.65. The van der Waals surface area contributed by atoms with Crippen LogP contribution < -0.4 is 9.47 Å². The zero-order valence-electron chi connectivity index (χ0n) is 26.8. The van der Waals surface area contributed by atoms with Gasteiger partial charge in [-0.3, -0.25) is 0 Å². The fourth-order valence-corrected chi connectivity index (χ4v) is 14.7. The topological polar surface area (TPSA) is 18.5 Å². The molecular formula is C42H30O2S6. The maximum Gasteiger partial charge on any atom is 0.134 e. The molecule has 0 saturated heterocycles. The summed E-state index contributed by atoms with van der Waals surface area (Å²) in [6.07, 6.45) is 0. The fourth-order valence-electron chi connectivity index (χ4n) is 6.27. The van der Waals surface area contributed by atoms with Gasteiger partial charge < -0.3 is 9.47 Å². The lowest BCUT2D eigenvalue weighted by molar-refractivity contribution is 0.352. The van der Waals surface area contributed by atoms with Crippen LogP contribution >= 0.6 is 70.6 Å². The standard InChI is InChI=1S/C42H30O2S6/c1-5-15-31-27(11-1)25-28-12-2-6-16-32(28)37(31)43-21-23-45-39-40(50-42(49-39)41-47-35-19-9-10-20-36(35)48-41)46-24-22-44-38-33-17-7-3-13-29(33)26-30-14-4-8-18-34(30)38/h1-20,25-26H,21-24H2. The Morgan fingerprint density at radius 3 is 1.14 bits per heavy atom. The fraction of sp³-hybridized carbons (Fsp3) is 0.0952. The van der Waals surface area contributed by atoms with Gasteiger partial charge in [0.25, 0.3) is 0 Å². The van der Waals surface area contributed by atoms with Gasteiger partial charge >= 0.3 is 0 Å². The molecule has 2 aliphatic rings. The highest BCUT2D eigenvalue weighted by Crippen LogP contribution is 2.64. The molecule has 2 heterocycles. The Bertz CT molecular complexity index is 2200. The van der Waals surface area contributed by atoms with Crippen LogP contribution in [0.3, 0.4) is 0 Å². The quantitative estimate of drug-likeness (QED) is 0.100. The third-order valence-electron chi connectivity index (χ3n) is 8.53. The molecule has 0 bridgehead atoms. The number of hydrogen-bond donors (Lipinski definition) is 0. The van der Waals surface area contributed by atoms with Crippen molar-refractivity contribution in [1.29, 1.82) is 0 Å². The van der Waals surface area contributed by atoms with Crippen LogP contribution in [0.4, 0.5) is 0 Å². The van der Waals surface area contributed by atoms with Crippen molar-refractivity contribution in [3.63, 3.8) is 0 Å². The molecular weight excluding hydrogens is 729 g/mol. The monoisotopic (exact) mass is 758 g/mol. The van der Waals surface area contributed by atoms with Gasteiger partial charge in [-0.15, -0.1) is 23.5 Å². The highest BCUT2D eigenvalue weighted by atomic mass is 32.3. The molecule has 7 aromatic carbocycles. The van der Waals surface area contributed by atoms with Crippen molar-refractivity contribution in [3.8, 4) is 11.5 Å². The smallest absolute Gasteiger partial charge is 0.134 e. The maximum atomic E-state index is 6.61. The minimum Gasteiger partial charge on any atom is -0.491 e. The molecule has 0 N–H and O–H groups in total. The maximum absolute atomic E-state index is 6.61. The summed E-state index contributed by atoms with van der Waals surface area (Å²) in [5, 5.41) is 9.50. The van der Waals surface area contributed by atoms with Gasteiger partial charge in [-0.1, -0.05) is 156 Å². The summed E-state index contributed by atoms with van der Waals surface area (Å²) in [7, 11) is 0. The second kappa shape index (κ2) is 14.8. The largest absolute Gasteiger partial charge is 0.491 e. The Balaban J connectivity index is 0.924. The van der Waals surface area contributed by atoms with Gasteiger partial charge in [0.1, 0.15) is 11.5 Å². The summed E-state index contributed by atoms with van der Waals surface area (Å²) in [6, 6.07) is 47.3. The SMILES string of the molecule is c1ccc2c(c1)SC(=C1SC(SCCOc3c4ccccc4cc4ccccc34)=C(SCCOc3c4ccccc4cc4ccccc34)S1)S2. The van der Waals surface area contributed by atoms with Crippen molar-refractivity contribution >= 4 is 114 Å². The molecule has 2 aliphatic heterocycles. The summed E-state index contributed by atoms with van der Waals surface area (Å²) >= 11 is 11.5. The highest BCUT2D eigenvalue weighted by molar-refractivity contribution is 8.42. The van der Waals surface area contributed by atoms with Crippen molar-refractivity contribution < 1.29 is 9.47 Å². The zero-order valence-corrected chi connectivity index (χ0v) is 31.7. The second-order valence-corrected chi connectivity index (χ2v) is 19.1. The van der Waals surface area contributed by atoms with Crippen molar-refractivity contribution in [1.82, 2.24) is 0 Å². The molecule has 0 aromatic heterocycles. The number of ether oxygens (including phenoxy) is 2. The molecule has 0 fully saturated rings. The third-order valence-corrected chi connectivity index (χ3v) is 17.1. The van der Waals surface area contributed by atoms with Gasteiger partial charge in [0.15, 0.2) is 0 Å². The number of rotatable bonds is 10. The lowest BCUT2D eigenvalue weighted by Gasteiger charge is -2.14. The van der Waals surface area contributed by atoms with E-state index in [0.29, 0.717) is 13.2 Å². The summed E-state index contributed by atoms with van der Waals surface area (Å²) in [5.41, 5.74) is 0. The van der Waals surface area contributed by atoms with Gasteiger partial charge in [0.2, 0.25) is 0 Å². The molecule has 0 spiro atoms. The van der Waals surface area contributed by atoms with Gasteiger partial charge in [-0.05, 0) is 45.8 Å². The van der Waals surface area contributed by atoms with Crippen LogP contribution in [0.15, 0.2) is 160 Å².